The molecule has 0 fully saturated rings. The van der Waals surface area contributed by atoms with Gasteiger partial charge in [-0.1, -0.05) is 18.5 Å². The van der Waals surface area contributed by atoms with Gasteiger partial charge < -0.3 is 10.1 Å². The molecule has 1 aromatic rings. The molecule has 3 heteroatoms. The zero-order chi connectivity index (χ0) is 11.7. The van der Waals surface area contributed by atoms with Gasteiger partial charge in [0.2, 0.25) is 0 Å². The van der Waals surface area contributed by atoms with E-state index in [9.17, 15) is 0 Å². The maximum Gasteiger partial charge on any atom is 0.119 e. The van der Waals surface area contributed by atoms with Crippen molar-refractivity contribution >= 4 is 13.3 Å². The molecule has 0 saturated heterocycles. The van der Waals surface area contributed by atoms with E-state index in [0.717, 1.165) is 24.2 Å². The van der Waals surface area contributed by atoms with E-state index in [4.69, 9.17) is 12.6 Å². The summed E-state index contributed by atoms with van der Waals surface area (Å²) in [5.74, 6) is 1.30. The first-order chi connectivity index (χ1) is 7.61. The third-order valence-electron chi connectivity index (χ3n) is 3.32. The van der Waals surface area contributed by atoms with Crippen LogP contribution in [0.1, 0.15) is 30.9 Å². The van der Waals surface area contributed by atoms with E-state index >= 15 is 0 Å². The van der Waals surface area contributed by atoms with Crippen molar-refractivity contribution < 1.29 is 4.74 Å². The van der Waals surface area contributed by atoms with Gasteiger partial charge in [0.05, 0.1) is 7.11 Å². The van der Waals surface area contributed by atoms with E-state index in [1.807, 2.05) is 0 Å². The zero-order valence-corrected chi connectivity index (χ0v) is 10.2. The number of fused-ring (bicyclic) bond motifs is 1. The normalized spacial score (nSPS) is 24.7. The highest BCUT2D eigenvalue weighted by atomic mass is 16.5. The molecule has 1 aromatic carbocycles. The van der Waals surface area contributed by atoms with Crippen molar-refractivity contribution in [3.63, 3.8) is 0 Å². The largest absolute Gasteiger partial charge is 0.497 e. The summed E-state index contributed by atoms with van der Waals surface area (Å²) < 4.78 is 5.28. The lowest BCUT2D eigenvalue weighted by atomic mass is 9.86. The summed E-state index contributed by atoms with van der Waals surface area (Å²) in [4.78, 5) is 0. The van der Waals surface area contributed by atoms with Crippen LogP contribution in [0.5, 0.6) is 5.75 Å². The summed E-state index contributed by atoms with van der Waals surface area (Å²) in [6, 6.07) is 4.67. The van der Waals surface area contributed by atoms with Gasteiger partial charge in [-0.15, -0.1) is 0 Å². The summed E-state index contributed by atoms with van der Waals surface area (Å²) >= 11 is 0. The van der Waals surface area contributed by atoms with E-state index in [0.29, 0.717) is 12.0 Å². The predicted molar refractivity (Wildman–Crippen MR) is 68.0 cm³/mol. The Morgan fingerprint density at radius 2 is 2.12 bits per heavy atom. The fraction of sp³-hybridized carbons (Fsp3) is 0.538. The van der Waals surface area contributed by atoms with Crippen molar-refractivity contribution in [3.8, 4) is 5.75 Å². The summed E-state index contributed by atoms with van der Waals surface area (Å²) in [7, 11) is 7.62. The van der Waals surface area contributed by atoms with E-state index in [-0.39, 0.29) is 0 Å². The topological polar surface area (TPSA) is 21.3 Å². The van der Waals surface area contributed by atoms with Crippen molar-refractivity contribution in [1.82, 2.24) is 5.32 Å². The minimum absolute atomic E-state index is 0.508. The molecule has 0 spiro atoms. The van der Waals surface area contributed by atoms with Crippen LogP contribution < -0.4 is 15.5 Å². The van der Waals surface area contributed by atoms with Gasteiger partial charge >= 0.3 is 0 Å². The van der Waals surface area contributed by atoms with Crippen molar-refractivity contribution in [2.75, 3.05) is 13.7 Å². The predicted octanol–water partition coefficient (Wildman–Crippen LogP) is 1.13. The lowest BCUT2D eigenvalue weighted by molar-refractivity contribution is 0.417. The third-order valence-corrected chi connectivity index (χ3v) is 3.32. The fourth-order valence-corrected chi connectivity index (χ4v) is 2.36. The Morgan fingerprint density at radius 3 is 2.81 bits per heavy atom. The molecule has 2 atom stereocenters. The number of nitrogens with one attached hydrogen (secondary N) is 1. The van der Waals surface area contributed by atoms with E-state index in [1.54, 1.807) is 7.11 Å². The fourth-order valence-electron chi connectivity index (χ4n) is 2.36. The SMILES string of the molecule is [B]c1cc2c(cc1OC)CC(C)NCC2C. The van der Waals surface area contributed by atoms with E-state index in [1.165, 1.54) is 11.1 Å². The quantitative estimate of drug-likeness (QED) is 0.709. The average Bonchev–Trinajstić information content (AvgIpc) is 2.39. The molecule has 2 radical (unpaired) electrons. The first-order valence-electron chi connectivity index (χ1n) is 5.81. The first-order valence-corrected chi connectivity index (χ1v) is 5.81. The van der Waals surface area contributed by atoms with Crippen LogP contribution in [-0.2, 0) is 6.42 Å². The summed E-state index contributed by atoms with van der Waals surface area (Å²) in [5, 5.41) is 3.52. The lowest BCUT2D eigenvalue weighted by Gasteiger charge is -2.15. The van der Waals surface area contributed by atoms with Crippen LogP contribution in [-0.4, -0.2) is 27.5 Å². The molecule has 0 aliphatic carbocycles. The Morgan fingerprint density at radius 1 is 1.38 bits per heavy atom. The Hall–Kier alpha value is -0.955. The molecule has 2 nitrogen and oxygen atoms in total. The minimum atomic E-state index is 0.508. The van der Waals surface area contributed by atoms with Gasteiger partial charge in [-0.25, -0.2) is 0 Å². The molecular formula is C13H18BNO. The van der Waals surface area contributed by atoms with Crippen LogP contribution in [0.3, 0.4) is 0 Å². The number of ether oxygens (including phenoxy) is 1. The Bertz CT molecular complexity index is 392. The van der Waals surface area contributed by atoms with Crippen LogP contribution in [0.15, 0.2) is 12.1 Å². The average molecular weight is 215 g/mol. The molecule has 0 aromatic heterocycles. The van der Waals surface area contributed by atoms with Gasteiger partial charge in [-0.2, -0.15) is 0 Å². The molecule has 2 rings (SSSR count). The number of rotatable bonds is 1. The van der Waals surface area contributed by atoms with E-state index < -0.39 is 0 Å². The Kier molecular flexibility index (Phi) is 3.24. The maximum atomic E-state index is 5.96. The summed E-state index contributed by atoms with van der Waals surface area (Å²) in [6.45, 7) is 5.46. The number of hydrogen-bond acceptors (Lipinski definition) is 2. The highest BCUT2D eigenvalue weighted by Gasteiger charge is 2.19. The second-order valence-corrected chi connectivity index (χ2v) is 4.71. The smallest absolute Gasteiger partial charge is 0.119 e. The standard InChI is InChI=1S/C13H18BNO/c1-8-7-15-9(2)4-10-5-13(16-3)12(14)6-11(8)10/h5-6,8-9,15H,4,7H2,1-3H3. The van der Waals surface area contributed by atoms with Gasteiger partial charge in [-0.05, 0) is 36.5 Å². The van der Waals surface area contributed by atoms with Crippen LogP contribution in [0.25, 0.3) is 0 Å². The lowest BCUT2D eigenvalue weighted by Crippen LogP contribution is -2.28. The summed E-state index contributed by atoms with van der Waals surface area (Å²) in [5.41, 5.74) is 3.45. The molecule has 1 aliphatic rings. The molecule has 0 saturated carbocycles. The monoisotopic (exact) mass is 215 g/mol. The Labute approximate surface area is 98.8 Å². The molecule has 84 valence electrons. The molecular weight excluding hydrogens is 197 g/mol. The second kappa shape index (κ2) is 4.50. The number of hydrogen-bond donors (Lipinski definition) is 1. The molecule has 0 bridgehead atoms. The van der Waals surface area contributed by atoms with Crippen molar-refractivity contribution in [1.29, 1.82) is 0 Å². The highest BCUT2D eigenvalue weighted by Crippen LogP contribution is 2.26. The van der Waals surface area contributed by atoms with Gasteiger partial charge in [-0.3, -0.25) is 0 Å². The number of methoxy groups -OCH3 is 1. The van der Waals surface area contributed by atoms with Crippen molar-refractivity contribution in [3.05, 3.63) is 23.3 Å². The highest BCUT2D eigenvalue weighted by molar-refractivity contribution is 6.34. The van der Waals surface area contributed by atoms with Crippen molar-refractivity contribution in [2.24, 2.45) is 0 Å². The minimum Gasteiger partial charge on any atom is -0.497 e. The van der Waals surface area contributed by atoms with Crippen LogP contribution in [0.4, 0.5) is 0 Å². The number of benzene rings is 1. The van der Waals surface area contributed by atoms with Gasteiger partial charge in [0.1, 0.15) is 13.6 Å². The first kappa shape index (κ1) is 11.5. The molecule has 1 aliphatic heterocycles. The van der Waals surface area contributed by atoms with Crippen LogP contribution in [0.2, 0.25) is 0 Å². The van der Waals surface area contributed by atoms with E-state index in [2.05, 4.69) is 31.3 Å². The molecule has 0 amide bonds. The molecule has 1 heterocycles. The van der Waals surface area contributed by atoms with Gasteiger partial charge in [0, 0.05) is 12.6 Å². The molecule has 16 heavy (non-hydrogen) atoms. The second-order valence-electron chi connectivity index (χ2n) is 4.71. The zero-order valence-electron chi connectivity index (χ0n) is 10.2. The maximum absolute atomic E-state index is 5.96. The molecule has 2 unspecified atom stereocenters. The van der Waals surface area contributed by atoms with Crippen molar-refractivity contribution in [2.45, 2.75) is 32.2 Å². The summed E-state index contributed by atoms with van der Waals surface area (Å²) in [6.07, 6.45) is 1.04. The Balaban J connectivity index is 2.47. The van der Waals surface area contributed by atoms with Crippen LogP contribution in [0, 0.1) is 0 Å². The van der Waals surface area contributed by atoms with Crippen LogP contribution >= 0.6 is 0 Å². The van der Waals surface area contributed by atoms with Gasteiger partial charge in [0.15, 0.2) is 0 Å². The third kappa shape index (κ3) is 2.10. The van der Waals surface area contributed by atoms with Gasteiger partial charge in [0.25, 0.3) is 0 Å². The molecule has 1 N–H and O–H groups in total.